The van der Waals surface area contributed by atoms with Crippen LogP contribution in [0.15, 0.2) is 53.4 Å². The molecule has 0 radical (unpaired) electrons. The molecule has 7 nitrogen and oxygen atoms in total. The first-order chi connectivity index (χ1) is 15.2. The highest BCUT2D eigenvalue weighted by atomic mass is 32.2. The molecule has 0 fully saturated rings. The molecular weight excluding hydrogens is 446 g/mol. The van der Waals surface area contributed by atoms with Crippen LogP contribution in [0.1, 0.15) is 56.8 Å². The molecule has 1 unspecified atom stereocenters. The molecular formula is C23H31N3O4S2. The number of nitrogens with one attached hydrogen (secondary N) is 3. The second-order valence-corrected chi connectivity index (χ2v) is 9.57. The second-order valence-electron chi connectivity index (χ2n) is 7.44. The molecule has 0 saturated heterocycles. The van der Waals surface area contributed by atoms with Crippen molar-refractivity contribution in [1.82, 2.24) is 10.0 Å². The quantitative estimate of drug-likeness (QED) is 0.327. The summed E-state index contributed by atoms with van der Waals surface area (Å²) < 4.78 is 32.9. The number of benzene rings is 2. The van der Waals surface area contributed by atoms with Gasteiger partial charge in [-0.05, 0) is 80.5 Å². The number of hydrogen-bond donors (Lipinski definition) is 3. The molecule has 0 aliphatic heterocycles. The Labute approximate surface area is 196 Å². The average molecular weight is 478 g/mol. The number of ether oxygens (including phenoxy) is 1. The third-order valence-electron chi connectivity index (χ3n) is 4.75. The van der Waals surface area contributed by atoms with E-state index in [-0.39, 0.29) is 22.0 Å². The fraction of sp³-hybridized carbons (Fsp3) is 0.391. The van der Waals surface area contributed by atoms with E-state index < -0.39 is 10.0 Å². The number of hydrogen-bond acceptors (Lipinski definition) is 5. The third-order valence-corrected chi connectivity index (χ3v) is 6.56. The summed E-state index contributed by atoms with van der Waals surface area (Å²) in [5.74, 6) is 0.369. The molecule has 0 saturated carbocycles. The van der Waals surface area contributed by atoms with Crippen molar-refractivity contribution in [3.05, 3.63) is 54.1 Å². The lowest BCUT2D eigenvalue weighted by Crippen LogP contribution is -2.34. The van der Waals surface area contributed by atoms with Crippen molar-refractivity contribution in [3.63, 3.8) is 0 Å². The normalized spacial score (nSPS) is 12.1. The van der Waals surface area contributed by atoms with Crippen LogP contribution in [0, 0.1) is 0 Å². The largest absolute Gasteiger partial charge is 0.494 e. The molecule has 174 valence electrons. The lowest BCUT2D eigenvalue weighted by atomic mass is 10.2. The van der Waals surface area contributed by atoms with E-state index in [9.17, 15) is 13.2 Å². The number of unbranched alkanes of at least 4 members (excludes halogenated alkanes) is 2. The summed E-state index contributed by atoms with van der Waals surface area (Å²) in [6.07, 6.45) is 3.95. The van der Waals surface area contributed by atoms with Crippen LogP contribution in [-0.4, -0.2) is 32.1 Å². The Morgan fingerprint density at radius 2 is 1.69 bits per heavy atom. The van der Waals surface area contributed by atoms with Gasteiger partial charge in [0.05, 0.1) is 11.5 Å². The fourth-order valence-corrected chi connectivity index (χ4v) is 4.25. The topological polar surface area (TPSA) is 96.5 Å². The molecule has 1 amide bonds. The minimum Gasteiger partial charge on any atom is -0.494 e. The molecule has 0 spiro atoms. The highest BCUT2D eigenvalue weighted by molar-refractivity contribution is 7.89. The van der Waals surface area contributed by atoms with Crippen LogP contribution in [0.4, 0.5) is 5.69 Å². The Bertz CT molecular complexity index is 991. The molecule has 1 atom stereocenters. The SMILES string of the molecule is CCCCCOc1ccc(C(=O)NC(=S)Nc2ccc(S(=O)(=O)NC(C)CC)cc2)cc1. The van der Waals surface area contributed by atoms with Crippen LogP contribution in [-0.2, 0) is 10.0 Å². The predicted octanol–water partition coefficient (Wildman–Crippen LogP) is 4.46. The van der Waals surface area contributed by atoms with E-state index in [4.69, 9.17) is 17.0 Å². The molecule has 0 heterocycles. The van der Waals surface area contributed by atoms with Crippen LogP contribution in [0.5, 0.6) is 5.75 Å². The van der Waals surface area contributed by atoms with Crippen molar-refractivity contribution >= 4 is 38.9 Å². The molecule has 3 N–H and O–H groups in total. The number of carbonyl (C=O) groups excluding carboxylic acids is 1. The lowest BCUT2D eigenvalue weighted by Gasteiger charge is -2.13. The van der Waals surface area contributed by atoms with E-state index in [1.54, 1.807) is 36.4 Å². The first kappa shape index (κ1) is 25.8. The van der Waals surface area contributed by atoms with E-state index >= 15 is 0 Å². The first-order valence-corrected chi connectivity index (χ1v) is 12.6. The number of carbonyl (C=O) groups is 1. The summed E-state index contributed by atoms with van der Waals surface area (Å²) in [6, 6.07) is 12.9. The Hall–Kier alpha value is -2.49. The second kappa shape index (κ2) is 12.5. The molecule has 0 aromatic heterocycles. The van der Waals surface area contributed by atoms with Crippen LogP contribution >= 0.6 is 12.2 Å². The maximum Gasteiger partial charge on any atom is 0.257 e. The van der Waals surface area contributed by atoms with Gasteiger partial charge in [0.1, 0.15) is 5.75 Å². The van der Waals surface area contributed by atoms with Gasteiger partial charge in [0.2, 0.25) is 10.0 Å². The maximum atomic E-state index is 12.4. The summed E-state index contributed by atoms with van der Waals surface area (Å²) in [7, 11) is -3.58. The Kier molecular flexibility index (Phi) is 10.1. The smallest absolute Gasteiger partial charge is 0.257 e. The predicted molar refractivity (Wildman–Crippen MR) is 132 cm³/mol. The number of amides is 1. The fourth-order valence-electron chi connectivity index (χ4n) is 2.72. The van der Waals surface area contributed by atoms with E-state index in [1.165, 1.54) is 12.1 Å². The Balaban J connectivity index is 1.88. The van der Waals surface area contributed by atoms with Gasteiger partial charge in [-0.3, -0.25) is 10.1 Å². The van der Waals surface area contributed by atoms with Gasteiger partial charge in [-0.25, -0.2) is 13.1 Å². The molecule has 0 aliphatic rings. The Morgan fingerprint density at radius 1 is 1.03 bits per heavy atom. The van der Waals surface area contributed by atoms with Crippen molar-refractivity contribution in [2.75, 3.05) is 11.9 Å². The van der Waals surface area contributed by atoms with Gasteiger partial charge in [0, 0.05) is 17.3 Å². The van der Waals surface area contributed by atoms with Gasteiger partial charge in [0.15, 0.2) is 5.11 Å². The van der Waals surface area contributed by atoms with Crippen molar-refractivity contribution in [1.29, 1.82) is 0 Å². The number of thiocarbonyl (C=S) groups is 1. The van der Waals surface area contributed by atoms with Crippen LogP contribution < -0.4 is 20.1 Å². The zero-order valence-electron chi connectivity index (χ0n) is 18.7. The lowest BCUT2D eigenvalue weighted by molar-refractivity contribution is 0.0977. The van der Waals surface area contributed by atoms with Gasteiger partial charge in [0.25, 0.3) is 5.91 Å². The van der Waals surface area contributed by atoms with Crippen molar-refractivity contribution < 1.29 is 17.9 Å². The number of anilines is 1. The maximum absolute atomic E-state index is 12.4. The summed E-state index contributed by atoms with van der Waals surface area (Å²) in [4.78, 5) is 12.6. The van der Waals surface area contributed by atoms with E-state index in [0.717, 1.165) is 25.0 Å². The van der Waals surface area contributed by atoms with Crippen molar-refractivity contribution in [2.45, 2.75) is 57.4 Å². The van der Waals surface area contributed by atoms with Crippen LogP contribution in [0.2, 0.25) is 0 Å². The van der Waals surface area contributed by atoms with Gasteiger partial charge < -0.3 is 10.1 Å². The van der Waals surface area contributed by atoms with Gasteiger partial charge in [-0.1, -0.05) is 26.7 Å². The highest BCUT2D eigenvalue weighted by Gasteiger charge is 2.16. The van der Waals surface area contributed by atoms with Crippen molar-refractivity contribution in [2.24, 2.45) is 0 Å². The van der Waals surface area contributed by atoms with Crippen LogP contribution in [0.25, 0.3) is 0 Å². The van der Waals surface area contributed by atoms with E-state index in [0.29, 0.717) is 24.3 Å². The van der Waals surface area contributed by atoms with Gasteiger partial charge in [-0.2, -0.15) is 0 Å². The summed E-state index contributed by atoms with van der Waals surface area (Å²) in [5, 5.41) is 5.61. The number of rotatable bonds is 11. The first-order valence-electron chi connectivity index (χ1n) is 10.7. The van der Waals surface area contributed by atoms with Crippen molar-refractivity contribution in [3.8, 4) is 5.75 Å². The van der Waals surface area contributed by atoms with Crippen LogP contribution in [0.3, 0.4) is 0 Å². The van der Waals surface area contributed by atoms with Gasteiger partial charge in [-0.15, -0.1) is 0 Å². The zero-order valence-corrected chi connectivity index (χ0v) is 20.3. The third kappa shape index (κ3) is 8.22. The summed E-state index contributed by atoms with van der Waals surface area (Å²) >= 11 is 5.20. The Morgan fingerprint density at radius 3 is 2.28 bits per heavy atom. The standard InChI is InChI=1S/C23H31N3O4S2/c1-4-6-7-16-30-20-12-8-18(9-13-20)22(27)25-23(31)24-19-10-14-21(15-11-19)32(28,29)26-17(3)5-2/h8-15,17,26H,4-7,16H2,1-3H3,(H2,24,25,27,31). The number of sulfonamides is 1. The molecule has 2 rings (SSSR count). The minimum absolute atomic E-state index is 0.114. The monoisotopic (exact) mass is 477 g/mol. The average Bonchev–Trinajstić information content (AvgIpc) is 2.77. The summed E-state index contributed by atoms with van der Waals surface area (Å²) in [6.45, 7) is 6.51. The zero-order chi connectivity index (χ0) is 23.6. The molecule has 32 heavy (non-hydrogen) atoms. The minimum atomic E-state index is -3.58. The molecule has 9 heteroatoms. The molecule has 0 bridgehead atoms. The van der Waals surface area contributed by atoms with E-state index in [1.807, 2.05) is 13.8 Å². The molecule has 2 aromatic rings. The summed E-state index contributed by atoms with van der Waals surface area (Å²) in [5.41, 5.74) is 1.02. The van der Waals surface area contributed by atoms with E-state index in [2.05, 4.69) is 22.3 Å². The van der Waals surface area contributed by atoms with Gasteiger partial charge >= 0.3 is 0 Å². The molecule has 0 aliphatic carbocycles. The molecule has 2 aromatic carbocycles. The highest BCUT2D eigenvalue weighted by Crippen LogP contribution is 2.16.